The maximum atomic E-state index is 13.1. The monoisotopic (exact) mass is 453 g/mol. The molecule has 0 fully saturated rings. The van der Waals surface area contributed by atoms with E-state index in [1.807, 2.05) is 19.1 Å². The van der Waals surface area contributed by atoms with Crippen molar-refractivity contribution in [2.45, 2.75) is 13.5 Å². The maximum Gasteiger partial charge on any atom is 0.270 e. The number of nitrogens with zero attached hydrogens (tertiary/aromatic N) is 3. The second-order valence-corrected chi connectivity index (χ2v) is 8.11. The Balaban J connectivity index is 1.69. The fourth-order valence-electron chi connectivity index (χ4n) is 3.00. The van der Waals surface area contributed by atoms with E-state index in [1.165, 1.54) is 46.8 Å². The van der Waals surface area contributed by atoms with Crippen molar-refractivity contribution in [3.63, 3.8) is 0 Å². The summed E-state index contributed by atoms with van der Waals surface area (Å²) >= 11 is 7.65. The summed E-state index contributed by atoms with van der Waals surface area (Å²) in [5.74, 6) is 0.259. The molecule has 4 aromatic rings. The molecule has 0 aliphatic rings. The van der Waals surface area contributed by atoms with Crippen molar-refractivity contribution in [1.82, 2.24) is 4.98 Å². The molecule has 4 rings (SSSR count). The standard InChI is InChI=1S/C22H16ClN3O4S/c1-14-7-9-18(23)21-20(14)24-22(31-21)25(13-17-6-3-11-30-17)19(27)10-8-15-4-2-5-16(12-15)26(28)29/h2-12H,13H2,1H3/b10-8+. The van der Waals surface area contributed by atoms with E-state index < -0.39 is 4.92 Å². The molecule has 2 heterocycles. The zero-order valence-corrected chi connectivity index (χ0v) is 17.9. The Kier molecular flexibility index (Phi) is 5.83. The van der Waals surface area contributed by atoms with Crippen molar-refractivity contribution >= 4 is 56.0 Å². The topological polar surface area (TPSA) is 89.5 Å². The number of hydrogen-bond acceptors (Lipinski definition) is 6. The third-order valence-electron chi connectivity index (χ3n) is 4.58. The van der Waals surface area contributed by atoms with Crippen LogP contribution in [0.5, 0.6) is 0 Å². The SMILES string of the molecule is Cc1ccc(Cl)c2sc(N(Cc3ccco3)C(=O)/C=C/c3cccc([N+](=O)[O-])c3)nc12. The molecule has 156 valence electrons. The van der Waals surface area contributed by atoms with Crippen molar-refractivity contribution in [2.24, 2.45) is 0 Å². The van der Waals surface area contributed by atoms with Gasteiger partial charge < -0.3 is 4.42 Å². The first-order chi connectivity index (χ1) is 14.9. The van der Waals surface area contributed by atoms with Crippen LogP contribution in [0.1, 0.15) is 16.9 Å². The van der Waals surface area contributed by atoms with E-state index in [0.29, 0.717) is 21.5 Å². The lowest BCUT2D eigenvalue weighted by Gasteiger charge is -2.16. The third kappa shape index (κ3) is 4.50. The van der Waals surface area contributed by atoms with E-state index >= 15 is 0 Å². The van der Waals surface area contributed by atoms with Crippen LogP contribution in [0.15, 0.2) is 65.3 Å². The number of nitro groups is 1. The summed E-state index contributed by atoms with van der Waals surface area (Å²) in [4.78, 5) is 29.7. The highest BCUT2D eigenvalue weighted by Crippen LogP contribution is 2.36. The quantitative estimate of drug-likeness (QED) is 0.203. The molecule has 0 atom stereocenters. The van der Waals surface area contributed by atoms with Crippen molar-refractivity contribution in [2.75, 3.05) is 4.90 Å². The van der Waals surface area contributed by atoms with Crippen LogP contribution in [-0.2, 0) is 11.3 Å². The summed E-state index contributed by atoms with van der Waals surface area (Å²) in [7, 11) is 0. The molecule has 1 amide bonds. The van der Waals surface area contributed by atoms with Gasteiger partial charge in [-0.05, 0) is 42.3 Å². The number of carbonyl (C=O) groups is 1. The average molecular weight is 454 g/mol. The minimum absolute atomic E-state index is 0.0432. The van der Waals surface area contributed by atoms with Gasteiger partial charge in [-0.2, -0.15) is 0 Å². The summed E-state index contributed by atoms with van der Waals surface area (Å²) in [6.45, 7) is 2.12. The van der Waals surface area contributed by atoms with Gasteiger partial charge in [0.15, 0.2) is 5.13 Å². The van der Waals surface area contributed by atoms with E-state index in [4.69, 9.17) is 16.0 Å². The minimum Gasteiger partial charge on any atom is -0.467 e. The predicted molar refractivity (Wildman–Crippen MR) is 121 cm³/mol. The van der Waals surface area contributed by atoms with Gasteiger partial charge >= 0.3 is 0 Å². The lowest BCUT2D eigenvalue weighted by atomic mass is 10.2. The van der Waals surface area contributed by atoms with Gasteiger partial charge in [-0.1, -0.05) is 41.1 Å². The van der Waals surface area contributed by atoms with Crippen LogP contribution in [0, 0.1) is 17.0 Å². The number of aryl methyl sites for hydroxylation is 1. The van der Waals surface area contributed by atoms with Crippen molar-refractivity contribution in [1.29, 1.82) is 0 Å². The number of benzene rings is 2. The largest absolute Gasteiger partial charge is 0.467 e. The zero-order valence-electron chi connectivity index (χ0n) is 16.3. The lowest BCUT2D eigenvalue weighted by molar-refractivity contribution is -0.384. The molecule has 2 aromatic heterocycles. The number of fused-ring (bicyclic) bond motifs is 1. The summed E-state index contributed by atoms with van der Waals surface area (Å²) < 4.78 is 6.22. The molecule has 2 aromatic carbocycles. The van der Waals surface area contributed by atoms with Crippen LogP contribution in [0.3, 0.4) is 0 Å². The fraction of sp³-hybridized carbons (Fsp3) is 0.0909. The number of thiazole rings is 1. The Labute approximate surface area is 186 Å². The summed E-state index contributed by atoms with van der Waals surface area (Å²) in [5, 5.41) is 12.0. The number of non-ortho nitro benzene ring substituents is 1. The first-order valence-electron chi connectivity index (χ1n) is 9.24. The average Bonchev–Trinajstić information content (AvgIpc) is 3.43. The second-order valence-electron chi connectivity index (χ2n) is 6.73. The van der Waals surface area contributed by atoms with Gasteiger partial charge in [0.25, 0.3) is 11.6 Å². The number of rotatable bonds is 6. The number of amides is 1. The van der Waals surface area contributed by atoms with Crippen LogP contribution in [0.2, 0.25) is 5.02 Å². The van der Waals surface area contributed by atoms with Gasteiger partial charge in [-0.3, -0.25) is 19.8 Å². The van der Waals surface area contributed by atoms with E-state index in [2.05, 4.69) is 4.98 Å². The number of aromatic nitrogens is 1. The van der Waals surface area contributed by atoms with Gasteiger partial charge in [-0.15, -0.1) is 0 Å². The smallest absolute Gasteiger partial charge is 0.270 e. The predicted octanol–water partition coefficient (Wildman–Crippen LogP) is 6.01. The molecule has 0 bridgehead atoms. The highest BCUT2D eigenvalue weighted by atomic mass is 35.5. The van der Waals surface area contributed by atoms with Gasteiger partial charge in [-0.25, -0.2) is 4.98 Å². The number of nitro benzene ring substituents is 1. The number of furan rings is 1. The van der Waals surface area contributed by atoms with Gasteiger partial charge in [0.05, 0.1) is 33.0 Å². The number of carbonyl (C=O) groups excluding carboxylic acids is 1. The van der Waals surface area contributed by atoms with Crippen molar-refractivity contribution < 1.29 is 14.1 Å². The number of hydrogen-bond donors (Lipinski definition) is 0. The highest BCUT2D eigenvalue weighted by molar-refractivity contribution is 7.23. The molecule has 0 N–H and O–H groups in total. The highest BCUT2D eigenvalue weighted by Gasteiger charge is 2.21. The second kappa shape index (κ2) is 8.71. The molecular formula is C22H16ClN3O4S. The Morgan fingerprint density at radius 2 is 2.13 bits per heavy atom. The van der Waals surface area contributed by atoms with Crippen molar-refractivity contribution in [3.8, 4) is 0 Å². The first kappa shape index (κ1) is 20.8. The van der Waals surface area contributed by atoms with Crippen molar-refractivity contribution in [3.05, 3.63) is 92.9 Å². The van der Waals surface area contributed by atoms with Gasteiger partial charge in [0.2, 0.25) is 0 Å². The zero-order chi connectivity index (χ0) is 22.0. The molecule has 7 nitrogen and oxygen atoms in total. The fourth-order valence-corrected chi connectivity index (χ4v) is 4.33. The summed E-state index contributed by atoms with van der Waals surface area (Å²) in [5.41, 5.74) is 2.20. The maximum absolute atomic E-state index is 13.1. The Hall–Kier alpha value is -3.49. The molecule has 0 saturated heterocycles. The molecule has 0 aliphatic carbocycles. The van der Waals surface area contributed by atoms with Crippen LogP contribution >= 0.6 is 22.9 Å². The minimum atomic E-state index is -0.477. The van der Waals surface area contributed by atoms with Crippen LogP contribution in [-0.4, -0.2) is 15.8 Å². The van der Waals surface area contributed by atoms with Gasteiger partial charge in [0, 0.05) is 18.2 Å². The lowest BCUT2D eigenvalue weighted by Crippen LogP contribution is -2.28. The van der Waals surface area contributed by atoms with Crippen LogP contribution < -0.4 is 4.90 Å². The van der Waals surface area contributed by atoms with E-state index in [9.17, 15) is 14.9 Å². The van der Waals surface area contributed by atoms with E-state index in [-0.39, 0.29) is 18.1 Å². The summed E-state index contributed by atoms with van der Waals surface area (Å²) in [6, 6.07) is 13.3. The van der Waals surface area contributed by atoms with E-state index in [0.717, 1.165) is 15.8 Å². The Morgan fingerprint density at radius 1 is 1.29 bits per heavy atom. The normalized spacial score (nSPS) is 11.3. The molecule has 0 saturated carbocycles. The van der Waals surface area contributed by atoms with Gasteiger partial charge in [0.1, 0.15) is 5.76 Å². The number of anilines is 1. The molecule has 0 radical (unpaired) electrons. The van der Waals surface area contributed by atoms with E-state index in [1.54, 1.807) is 24.3 Å². The molecule has 0 unspecified atom stereocenters. The Morgan fingerprint density at radius 3 is 2.84 bits per heavy atom. The van der Waals surface area contributed by atoms with Crippen LogP contribution in [0.25, 0.3) is 16.3 Å². The number of halogens is 1. The first-order valence-corrected chi connectivity index (χ1v) is 10.4. The molecule has 9 heteroatoms. The molecule has 0 aliphatic heterocycles. The van der Waals surface area contributed by atoms with Crippen LogP contribution in [0.4, 0.5) is 10.8 Å². The molecular weight excluding hydrogens is 438 g/mol. The summed E-state index contributed by atoms with van der Waals surface area (Å²) in [6.07, 6.45) is 4.44. The third-order valence-corrected chi connectivity index (χ3v) is 6.12. The molecule has 0 spiro atoms. The Bertz CT molecular complexity index is 1260. The molecule has 31 heavy (non-hydrogen) atoms.